The van der Waals surface area contributed by atoms with Gasteiger partial charge in [-0.25, -0.2) is 0 Å². The lowest BCUT2D eigenvalue weighted by Gasteiger charge is -2.21. The fraction of sp³-hybridized carbons (Fsp3) is 0.571. The van der Waals surface area contributed by atoms with Crippen LogP contribution in [0.3, 0.4) is 0 Å². The number of alkyl halides is 1. The summed E-state index contributed by atoms with van der Waals surface area (Å²) in [5.41, 5.74) is 1.25. The van der Waals surface area contributed by atoms with Crippen molar-refractivity contribution in [3.63, 3.8) is 0 Å². The molecule has 16 heavy (non-hydrogen) atoms. The molecule has 0 N–H and O–H groups in total. The van der Waals surface area contributed by atoms with Gasteiger partial charge in [-0.3, -0.25) is 0 Å². The van der Waals surface area contributed by atoms with E-state index in [1.807, 2.05) is 12.1 Å². The smallest absolute Gasteiger partial charge is 0.0438 e. The lowest BCUT2D eigenvalue weighted by Crippen LogP contribution is -2.16. The molecule has 1 aliphatic carbocycles. The van der Waals surface area contributed by atoms with Gasteiger partial charge in [0, 0.05) is 10.9 Å². The summed E-state index contributed by atoms with van der Waals surface area (Å²) in [6.07, 6.45) is 6.48. The van der Waals surface area contributed by atoms with Gasteiger partial charge in [-0.2, -0.15) is 0 Å². The third-order valence-electron chi connectivity index (χ3n) is 3.70. The standard InChI is InChI=1S/C14H18Cl2/c15-10-13(11-5-1-2-6-11)9-12-7-3-4-8-14(12)16/h3-4,7-8,11,13H,1-2,5-6,9-10H2. The van der Waals surface area contributed by atoms with Crippen LogP contribution in [0.5, 0.6) is 0 Å². The average molecular weight is 257 g/mol. The van der Waals surface area contributed by atoms with E-state index in [0.29, 0.717) is 5.92 Å². The van der Waals surface area contributed by atoms with Gasteiger partial charge in [-0.05, 0) is 29.9 Å². The van der Waals surface area contributed by atoms with Crippen LogP contribution in [0, 0.1) is 11.8 Å². The van der Waals surface area contributed by atoms with E-state index in [4.69, 9.17) is 23.2 Å². The van der Waals surface area contributed by atoms with Crippen LogP contribution in [0.2, 0.25) is 5.02 Å². The van der Waals surface area contributed by atoms with E-state index < -0.39 is 0 Å². The first-order chi connectivity index (χ1) is 7.81. The van der Waals surface area contributed by atoms with Gasteiger partial charge >= 0.3 is 0 Å². The molecule has 1 unspecified atom stereocenters. The van der Waals surface area contributed by atoms with Crippen molar-refractivity contribution in [2.75, 3.05) is 5.88 Å². The van der Waals surface area contributed by atoms with Gasteiger partial charge in [0.05, 0.1) is 0 Å². The van der Waals surface area contributed by atoms with E-state index in [-0.39, 0.29) is 0 Å². The summed E-state index contributed by atoms with van der Waals surface area (Å²) >= 11 is 12.3. The number of rotatable bonds is 4. The van der Waals surface area contributed by atoms with Crippen molar-refractivity contribution in [2.24, 2.45) is 11.8 Å². The molecular formula is C14H18Cl2. The van der Waals surface area contributed by atoms with Gasteiger partial charge in [0.1, 0.15) is 0 Å². The van der Waals surface area contributed by atoms with E-state index in [2.05, 4.69) is 12.1 Å². The Morgan fingerprint density at radius 3 is 2.50 bits per heavy atom. The highest BCUT2D eigenvalue weighted by Gasteiger charge is 2.24. The van der Waals surface area contributed by atoms with Crippen molar-refractivity contribution in [1.29, 1.82) is 0 Å². The third-order valence-corrected chi connectivity index (χ3v) is 4.47. The fourth-order valence-corrected chi connectivity index (χ4v) is 3.30. The molecule has 0 saturated heterocycles. The van der Waals surface area contributed by atoms with Gasteiger partial charge in [-0.1, -0.05) is 55.5 Å². The minimum absolute atomic E-state index is 0.601. The lowest BCUT2D eigenvalue weighted by molar-refractivity contribution is 0.369. The van der Waals surface area contributed by atoms with Crippen LogP contribution in [0.15, 0.2) is 24.3 Å². The first-order valence-corrected chi connectivity index (χ1v) is 7.02. The molecule has 0 heterocycles. The molecule has 2 rings (SSSR count). The zero-order chi connectivity index (χ0) is 11.4. The van der Waals surface area contributed by atoms with Crippen molar-refractivity contribution in [1.82, 2.24) is 0 Å². The van der Waals surface area contributed by atoms with Crippen LogP contribution >= 0.6 is 23.2 Å². The van der Waals surface area contributed by atoms with Crippen LogP contribution in [0.4, 0.5) is 0 Å². The maximum absolute atomic E-state index is 6.19. The van der Waals surface area contributed by atoms with Crippen molar-refractivity contribution in [3.8, 4) is 0 Å². The van der Waals surface area contributed by atoms with Crippen LogP contribution in [-0.4, -0.2) is 5.88 Å². The Morgan fingerprint density at radius 2 is 1.88 bits per heavy atom. The van der Waals surface area contributed by atoms with Crippen molar-refractivity contribution in [3.05, 3.63) is 34.9 Å². The Balaban J connectivity index is 2.03. The molecule has 1 aromatic carbocycles. The molecule has 0 aliphatic heterocycles. The second-order valence-corrected chi connectivity index (χ2v) is 5.47. The summed E-state index contributed by atoms with van der Waals surface area (Å²) < 4.78 is 0. The van der Waals surface area contributed by atoms with Crippen molar-refractivity contribution in [2.45, 2.75) is 32.1 Å². The number of hydrogen-bond acceptors (Lipinski definition) is 0. The Kier molecular flexibility index (Phi) is 4.55. The molecule has 88 valence electrons. The summed E-state index contributed by atoms with van der Waals surface area (Å²) in [6, 6.07) is 8.13. The first-order valence-electron chi connectivity index (χ1n) is 6.10. The van der Waals surface area contributed by atoms with Gasteiger partial charge in [0.15, 0.2) is 0 Å². The largest absolute Gasteiger partial charge is 0.126 e. The maximum atomic E-state index is 6.19. The quantitative estimate of drug-likeness (QED) is 0.671. The molecule has 1 aromatic rings. The molecule has 1 atom stereocenters. The van der Waals surface area contributed by atoms with Gasteiger partial charge in [-0.15, -0.1) is 11.6 Å². The van der Waals surface area contributed by atoms with Gasteiger partial charge in [0.2, 0.25) is 0 Å². The number of hydrogen-bond donors (Lipinski definition) is 0. The molecule has 1 fully saturated rings. The van der Waals surface area contributed by atoms with Crippen LogP contribution in [0.1, 0.15) is 31.2 Å². The second kappa shape index (κ2) is 5.93. The third kappa shape index (κ3) is 2.93. The van der Waals surface area contributed by atoms with E-state index in [1.54, 1.807) is 0 Å². The predicted octanol–water partition coefficient (Wildman–Crippen LogP) is 4.93. The van der Waals surface area contributed by atoms with E-state index in [1.165, 1.54) is 31.2 Å². The molecule has 0 bridgehead atoms. The molecule has 1 saturated carbocycles. The molecule has 1 aliphatic rings. The summed E-state index contributed by atoms with van der Waals surface area (Å²) in [5, 5.41) is 0.885. The average Bonchev–Trinajstić information content (AvgIpc) is 2.81. The van der Waals surface area contributed by atoms with Crippen LogP contribution < -0.4 is 0 Å². The van der Waals surface area contributed by atoms with E-state index >= 15 is 0 Å². The molecular weight excluding hydrogens is 239 g/mol. The molecule has 2 heteroatoms. The first kappa shape index (κ1) is 12.3. The zero-order valence-electron chi connectivity index (χ0n) is 9.46. The van der Waals surface area contributed by atoms with Crippen LogP contribution in [0.25, 0.3) is 0 Å². The van der Waals surface area contributed by atoms with E-state index in [9.17, 15) is 0 Å². The van der Waals surface area contributed by atoms with Crippen molar-refractivity contribution >= 4 is 23.2 Å². The molecule has 0 radical (unpaired) electrons. The SMILES string of the molecule is ClCC(Cc1ccccc1Cl)C1CCCC1. The van der Waals surface area contributed by atoms with E-state index in [0.717, 1.165) is 23.2 Å². The Labute approximate surface area is 108 Å². The minimum atomic E-state index is 0.601. The highest BCUT2D eigenvalue weighted by molar-refractivity contribution is 6.31. The molecule has 0 amide bonds. The molecule has 0 spiro atoms. The summed E-state index contributed by atoms with van der Waals surface area (Å²) in [7, 11) is 0. The monoisotopic (exact) mass is 256 g/mol. The lowest BCUT2D eigenvalue weighted by atomic mass is 9.87. The van der Waals surface area contributed by atoms with Crippen molar-refractivity contribution < 1.29 is 0 Å². The Bertz CT molecular complexity index is 329. The second-order valence-electron chi connectivity index (χ2n) is 4.75. The molecule has 0 aromatic heterocycles. The Morgan fingerprint density at radius 1 is 1.19 bits per heavy atom. The van der Waals surface area contributed by atoms with Gasteiger partial charge in [0.25, 0.3) is 0 Å². The summed E-state index contributed by atoms with van der Waals surface area (Å²) in [6.45, 7) is 0. The molecule has 0 nitrogen and oxygen atoms in total. The summed E-state index contributed by atoms with van der Waals surface area (Å²) in [5.74, 6) is 2.17. The number of benzene rings is 1. The predicted molar refractivity (Wildman–Crippen MR) is 71.3 cm³/mol. The summed E-state index contributed by atoms with van der Waals surface area (Å²) in [4.78, 5) is 0. The normalized spacial score (nSPS) is 18.9. The van der Waals surface area contributed by atoms with Gasteiger partial charge < -0.3 is 0 Å². The minimum Gasteiger partial charge on any atom is -0.126 e. The number of halogens is 2. The van der Waals surface area contributed by atoms with Crippen LogP contribution in [-0.2, 0) is 6.42 Å². The zero-order valence-corrected chi connectivity index (χ0v) is 11.0. The maximum Gasteiger partial charge on any atom is 0.0438 e. The highest BCUT2D eigenvalue weighted by Crippen LogP contribution is 2.34. The topological polar surface area (TPSA) is 0 Å². The highest BCUT2D eigenvalue weighted by atomic mass is 35.5. The Hall–Kier alpha value is -0.200. The fourth-order valence-electron chi connectivity index (χ4n) is 2.72.